The van der Waals surface area contributed by atoms with Gasteiger partial charge in [-0.05, 0) is 46.1 Å². The zero-order valence-corrected chi connectivity index (χ0v) is 15.4. The maximum Gasteiger partial charge on any atom is 0.242 e. The number of carbonyl (C=O) groups is 1. The number of rotatable bonds is 6. The molecule has 130 valence electrons. The first-order valence-corrected chi connectivity index (χ1v) is 8.61. The molecular formula is C16H28N4O2S. The van der Waals surface area contributed by atoms with Crippen LogP contribution in [0.5, 0.6) is 0 Å². The third kappa shape index (κ3) is 7.47. The van der Waals surface area contributed by atoms with Gasteiger partial charge in [0.25, 0.3) is 0 Å². The van der Waals surface area contributed by atoms with Crippen LogP contribution < -0.4 is 16.0 Å². The van der Waals surface area contributed by atoms with Gasteiger partial charge in [-0.25, -0.2) is 4.99 Å². The van der Waals surface area contributed by atoms with Crippen LogP contribution in [0.2, 0.25) is 0 Å². The average molecular weight is 340 g/mol. The zero-order chi connectivity index (χ0) is 17.5. The molecule has 1 heterocycles. The van der Waals surface area contributed by atoms with Crippen LogP contribution in [-0.4, -0.2) is 42.1 Å². The van der Waals surface area contributed by atoms with Crippen molar-refractivity contribution in [3.63, 3.8) is 0 Å². The minimum Gasteiger partial charge on any atom is -0.383 e. The molecule has 1 atom stereocenters. The number of amides is 1. The summed E-state index contributed by atoms with van der Waals surface area (Å²) < 4.78 is 0. The van der Waals surface area contributed by atoms with Crippen molar-refractivity contribution in [2.75, 3.05) is 19.6 Å². The van der Waals surface area contributed by atoms with E-state index in [1.165, 1.54) is 11.3 Å². The number of hydrogen-bond acceptors (Lipinski definition) is 4. The molecule has 1 unspecified atom stereocenters. The number of aliphatic imine (C=N–C) groups is 1. The quantitative estimate of drug-likeness (QED) is 0.466. The molecule has 0 aromatic carbocycles. The highest BCUT2D eigenvalue weighted by Gasteiger charge is 2.24. The molecule has 0 aliphatic carbocycles. The minimum atomic E-state index is -0.988. The predicted molar refractivity (Wildman–Crippen MR) is 95.8 cm³/mol. The molecule has 1 amide bonds. The van der Waals surface area contributed by atoms with Gasteiger partial charge in [0.05, 0.1) is 6.54 Å². The SMILES string of the molecule is CCNC(=NCC(=O)NC(C)(C)C)NCC(C)(O)c1cccs1. The summed E-state index contributed by atoms with van der Waals surface area (Å²) in [5.41, 5.74) is -1.26. The largest absolute Gasteiger partial charge is 0.383 e. The number of hydrogen-bond donors (Lipinski definition) is 4. The first-order chi connectivity index (χ1) is 10.6. The second-order valence-electron chi connectivity index (χ2n) is 6.60. The molecule has 1 rings (SSSR count). The van der Waals surface area contributed by atoms with Gasteiger partial charge in [-0.15, -0.1) is 11.3 Å². The molecule has 1 aromatic rings. The van der Waals surface area contributed by atoms with Gasteiger partial charge in [0.1, 0.15) is 12.1 Å². The highest BCUT2D eigenvalue weighted by Crippen LogP contribution is 2.24. The predicted octanol–water partition coefficient (Wildman–Crippen LogP) is 1.43. The van der Waals surface area contributed by atoms with E-state index in [-0.39, 0.29) is 18.0 Å². The molecule has 1 aromatic heterocycles. The maximum absolute atomic E-state index is 11.8. The molecule has 23 heavy (non-hydrogen) atoms. The Balaban J connectivity index is 2.61. The molecule has 0 saturated heterocycles. The van der Waals surface area contributed by atoms with E-state index in [0.717, 1.165) is 4.88 Å². The summed E-state index contributed by atoms with van der Waals surface area (Å²) >= 11 is 1.51. The lowest BCUT2D eigenvalue weighted by Gasteiger charge is -2.24. The number of aliphatic hydroxyl groups is 1. The van der Waals surface area contributed by atoms with Crippen LogP contribution in [-0.2, 0) is 10.4 Å². The third-order valence-electron chi connectivity index (χ3n) is 2.89. The van der Waals surface area contributed by atoms with E-state index >= 15 is 0 Å². The summed E-state index contributed by atoms with van der Waals surface area (Å²) in [4.78, 5) is 17.0. The monoisotopic (exact) mass is 340 g/mol. The van der Waals surface area contributed by atoms with E-state index < -0.39 is 5.60 Å². The van der Waals surface area contributed by atoms with Crippen molar-refractivity contribution in [1.29, 1.82) is 0 Å². The van der Waals surface area contributed by atoms with Crippen LogP contribution in [0.25, 0.3) is 0 Å². The third-order valence-corrected chi connectivity index (χ3v) is 4.01. The van der Waals surface area contributed by atoms with E-state index in [0.29, 0.717) is 19.0 Å². The Kier molecular flexibility index (Phi) is 7.02. The number of thiophene rings is 1. The van der Waals surface area contributed by atoms with Gasteiger partial charge in [0, 0.05) is 17.0 Å². The second kappa shape index (κ2) is 8.31. The lowest BCUT2D eigenvalue weighted by Crippen LogP contribution is -2.45. The van der Waals surface area contributed by atoms with Crippen molar-refractivity contribution in [2.24, 2.45) is 4.99 Å². The van der Waals surface area contributed by atoms with Crippen molar-refractivity contribution in [1.82, 2.24) is 16.0 Å². The summed E-state index contributed by atoms with van der Waals surface area (Å²) in [6.07, 6.45) is 0. The van der Waals surface area contributed by atoms with Gasteiger partial charge in [0.2, 0.25) is 5.91 Å². The van der Waals surface area contributed by atoms with Crippen molar-refractivity contribution in [3.8, 4) is 0 Å². The van der Waals surface area contributed by atoms with Crippen molar-refractivity contribution in [3.05, 3.63) is 22.4 Å². The van der Waals surface area contributed by atoms with Crippen LogP contribution >= 0.6 is 11.3 Å². The molecule has 0 aliphatic rings. The normalized spacial score (nSPS) is 15.0. The minimum absolute atomic E-state index is 0.0355. The van der Waals surface area contributed by atoms with Gasteiger partial charge >= 0.3 is 0 Å². The first-order valence-electron chi connectivity index (χ1n) is 7.73. The average Bonchev–Trinajstić information content (AvgIpc) is 2.95. The molecule has 0 radical (unpaired) electrons. The Bertz CT molecular complexity index is 519. The van der Waals surface area contributed by atoms with Crippen molar-refractivity contribution in [2.45, 2.75) is 45.8 Å². The van der Waals surface area contributed by atoms with E-state index in [9.17, 15) is 9.90 Å². The highest BCUT2D eigenvalue weighted by molar-refractivity contribution is 7.10. The molecule has 0 bridgehead atoms. The Morgan fingerprint density at radius 3 is 2.52 bits per heavy atom. The van der Waals surface area contributed by atoms with E-state index in [2.05, 4.69) is 20.9 Å². The molecule has 0 aliphatic heterocycles. The fourth-order valence-corrected chi connectivity index (χ4v) is 2.67. The molecule has 0 spiro atoms. The number of nitrogens with one attached hydrogen (secondary N) is 3. The number of nitrogens with zero attached hydrogens (tertiary/aromatic N) is 1. The Hall–Kier alpha value is -1.60. The summed E-state index contributed by atoms with van der Waals surface area (Å²) in [5.74, 6) is 0.369. The molecule has 4 N–H and O–H groups in total. The van der Waals surface area contributed by atoms with E-state index in [4.69, 9.17) is 0 Å². The summed E-state index contributed by atoms with van der Waals surface area (Å²) in [6.45, 7) is 10.5. The summed E-state index contributed by atoms with van der Waals surface area (Å²) in [5, 5.41) is 21.5. The van der Waals surface area contributed by atoms with Gasteiger partial charge in [0.15, 0.2) is 5.96 Å². The second-order valence-corrected chi connectivity index (χ2v) is 7.55. The lowest BCUT2D eigenvalue weighted by atomic mass is 10.1. The highest BCUT2D eigenvalue weighted by atomic mass is 32.1. The van der Waals surface area contributed by atoms with Crippen LogP contribution in [0.4, 0.5) is 0 Å². The molecular weight excluding hydrogens is 312 g/mol. The smallest absolute Gasteiger partial charge is 0.242 e. The van der Waals surface area contributed by atoms with Gasteiger partial charge in [-0.1, -0.05) is 6.07 Å². The topological polar surface area (TPSA) is 85.8 Å². The standard InChI is InChI=1S/C16H28N4O2S/c1-6-17-14(18-10-13(21)20-15(2,3)4)19-11-16(5,22)12-8-7-9-23-12/h7-9,22H,6,10-11H2,1-5H3,(H,20,21)(H2,17,18,19). The van der Waals surface area contributed by atoms with Crippen LogP contribution in [0, 0.1) is 0 Å². The fraction of sp³-hybridized carbons (Fsp3) is 0.625. The summed E-state index contributed by atoms with van der Waals surface area (Å²) in [7, 11) is 0. The number of guanidine groups is 1. The van der Waals surface area contributed by atoms with Gasteiger partial charge in [-0.2, -0.15) is 0 Å². The van der Waals surface area contributed by atoms with Crippen LogP contribution in [0.3, 0.4) is 0 Å². The fourth-order valence-electron chi connectivity index (χ4n) is 1.88. The Morgan fingerprint density at radius 2 is 2.00 bits per heavy atom. The molecule has 6 nitrogen and oxygen atoms in total. The van der Waals surface area contributed by atoms with Crippen molar-refractivity contribution >= 4 is 23.2 Å². The van der Waals surface area contributed by atoms with Crippen molar-refractivity contribution < 1.29 is 9.90 Å². The molecule has 0 saturated carbocycles. The first kappa shape index (κ1) is 19.4. The number of carbonyl (C=O) groups excluding carboxylic acids is 1. The van der Waals surface area contributed by atoms with Gasteiger partial charge < -0.3 is 21.1 Å². The van der Waals surface area contributed by atoms with Crippen LogP contribution in [0.15, 0.2) is 22.5 Å². The van der Waals surface area contributed by atoms with Gasteiger partial charge in [-0.3, -0.25) is 4.79 Å². The Morgan fingerprint density at radius 1 is 1.30 bits per heavy atom. The Labute approximate surface area is 142 Å². The zero-order valence-electron chi connectivity index (χ0n) is 14.6. The van der Waals surface area contributed by atoms with Crippen LogP contribution in [0.1, 0.15) is 39.5 Å². The molecule has 7 heteroatoms. The van der Waals surface area contributed by atoms with E-state index in [1.54, 1.807) is 6.92 Å². The summed E-state index contributed by atoms with van der Waals surface area (Å²) in [6, 6.07) is 3.80. The maximum atomic E-state index is 11.8. The van der Waals surface area contributed by atoms with E-state index in [1.807, 2.05) is 45.2 Å². The molecule has 0 fully saturated rings. The lowest BCUT2D eigenvalue weighted by molar-refractivity contribution is -0.121.